The molecule has 1 atom stereocenters. The molecule has 0 bridgehead atoms. The summed E-state index contributed by atoms with van der Waals surface area (Å²) in [4.78, 5) is 30.0. The maximum atomic E-state index is 12.5. The van der Waals surface area contributed by atoms with Gasteiger partial charge in [0.05, 0.1) is 13.0 Å². The molecule has 0 radical (unpaired) electrons. The monoisotopic (exact) mass is 359 g/mol. The van der Waals surface area contributed by atoms with Gasteiger partial charge < -0.3 is 24.1 Å². The van der Waals surface area contributed by atoms with E-state index in [4.69, 9.17) is 13.9 Å². The third-order valence-corrected chi connectivity index (χ3v) is 4.29. The lowest BCUT2D eigenvalue weighted by atomic mass is 10.1. The predicted octanol–water partition coefficient (Wildman–Crippen LogP) is 1.47. The molecule has 1 aliphatic heterocycles. The number of oxazole rings is 1. The number of carbonyl (C=O) groups excluding carboxylic acids is 2. The van der Waals surface area contributed by atoms with Crippen molar-refractivity contribution in [2.75, 3.05) is 27.2 Å². The van der Waals surface area contributed by atoms with Crippen molar-refractivity contribution in [3.63, 3.8) is 0 Å². The van der Waals surface area contributed by atoms with Crippen molar-refractivity contribution in [3.05, 3.63) is 42.1 Å². The second-order valence-corrected chi connectivity index (χ2v) is 5.94. The lowest BCUT2D eigenvalue weighted by Crippen LogP contribution is -2.33. The zero-order chi connectivity index (χ0) is 18.5. The van der Waals surface area contributed by atoms with Crippen molar-refractivity contribution in [1.82, 2.24) is 15.2 Å². The Labute approximate surface area is 151 Å². The summed E-state index contributed by atoms with van der Waals surface area (Å²) in [6.45, 7) is 1.03. The van der Waals surface area contributed by atoms with Crippen LogP contribution < -0.4 is 14.8 Å². The van der Waals surface area contributed by atoms with Gasteiger partial charge in [-0.25, -0.2) is 4.98 Å². The molecule has 1 aromatic heterocycles. The first-order chi connectivity index (χ1) is 12.6. The fourth-order valence-corrected chi connectivity index (χ4v) is 2.82. The summed E-state index contributed by atoms with van der Waals surface area (Å²) in [6, 6.07) is 7.13. The molecule has 1 fully saturated rings. The Kier molecular flexibility index (Phi) is 5.40. The Bertz CT molecular complexity index is 771. The number of aromatic nitrogens is 1. The van der Waals surface area contributed by atoms with E-state index in [1.165, 1.54) is 6.26 Å². The van der Waals surface area contributed by atoms with Crippen molar-refractivity contribution in [2.24, 2.45) is 5.92 Å². The molecule has 0 unspecified atom stereocenters. The molecule has 1 N–H and O–H groups in total. The van der Waals surface area contributed by atoms with Gasteiger partial charge in [-0.3, -0.25) is 9.59 Å². The summed E-state index contributed by atoms with van der Waals surface area (Å²) >= 11 is 0. The molecular weight excluding hydrogens is 338 g/mol. The van der Waals surface area contributed by atoms with Crippen LogP contribution in [0.25, 0.3) is 0 Å². The minimum atomic E-state index is -0.240. The molecule has 1 aliphatic rings. The first kappa shape index (κ1) is 17.8. The Morgan fingerprint density at radius 3 is 2.73 bits per heavy atom. The average Bonchev–Trinajstić information content (AvgIpc) is 3.35. The number of nitrogens with zero attached hydrogens (tertiary/aromatic N) is 2. The van der Waals surface area contributed by atoms with Crippen LogP contribution in [0.1, 0.15) is 22.8 Å². The predicted molar refractivity (Wildman–Crippen MR) is 91.9 cm³/mol. The molecule has 1 saturated heterocycles. The molecule has 2 aromatic rings. The van der Waals surface area contributed by atoms with Crippen molar-refractivity contribution in [2.45, 2.75) is 13.0 Å². The molecule has 0 saturated carbocycles. The molecule has 26 heavy (non-hydrogen) atoms. The molecule has 8 nitrogen and oxygen atoms in total. The standard InChI is InChI=1S/C18H21N3O5/c1-19-17(22)12-7-8-21(9-12)18(23)15-10-26-16(20-15)11-25-14-5-3-13(24-2)4-6-14/h3-6,10,12H,7-9,11H2,1-2H3,(H,19,22)/t12-/m1/s1. The Hall–Kier alpha value is -3.03. The SMILES string of the molecule is CNC(=O)[C@@H]1CCN(C(=O)c2coc(COc3ccc(OC)cc3)n2)C1. The summed E-state index contributed by atoms with van der Waals surface area (Å²) < 4.78 is 16.0. The van der Waals surface area contributed by atoms with E-state index in [1.807, 2.05) is 0 Å². The first-order valence-corrected chi connectivity index (χ1v) is 8.33. The molecule has 2 heterocycles. The third-order valence-electron chi connectivity index (χ3n) is 4.29. The van der Waals surface area contributed by atoms with Gasteiger partial charge in [0.2, 0.25) is 11.8 Å². The summed E-state index contributed by atoms with van der Waals surface area (Å²) in [6.07, 6.45) is 1.97. The van der Waals surface area contributed by atoms with E-state index in [1.54, 1.807) is 43.3 Å². The highest BCUT2D eigenvalue weighted by Gasteiger charge is 2.32. The van der Waals surface area contributed by atoms with Gasteiger partial charge in [-0.2, -0.15) is 0 Å². The molecule has 8 heteroatoms. The minimum absolute atomic E-state index is 0.0472. The van der Waals surface area contributed by atoms with Crippen LogP contribution in [0.2, 0.25) is 0 Å². The first-order valence-electron chi connectivity index (χ1n) is 8.33. The molecule has 2 amide bonds. The van der Waals surface area contributed by atoms with Crippen LogP contribution >= 0.6 is 0 Å². The van der Waals surface area contributed by atoms with Gasteiger partial charge in [0.25, 0.3) is 5.91 Å². The smallest absolute Gasteiger partial charge is 0.275 e. The zero-order valence-corrected chi connectivity index (χ0v) is 14.7. The van der Waals surface area contributed by atoms with Crippen LogP contribution in [0.5, 0.6) is 11.5 Å². The van der Waals surface area contributed by atoms with Crippen molar-refractivity contribution in [1.29, 1.82) is 0 Å². The highest BCUT2D eigenvalue weighted by Crippen LogP contribution is 2.20. The lowest BCUT2D eigenvalue weighted by Gasteiger charge is -2.14. The van der Waals surface area contributed by atoms with E-state index in [-0.39, 0.29) is 30.0 Å². The topological polar surface area (TPSA) is 93.9 Å². The van der Waals surface area contributed by atoms with Gasteiger partial charge in [0.1, 0.15) is 17.8 Å². The summed E-state index contributed by atoms with van der Waals surface area (Å²) in [5, 5.41) is 2.61. The molecule has 1 aromatic carbocycles. The van der Waals surface area contributed by atoms with E-state index in [0.29, 0.717) is 31.2 Å². The molecule has 0 spiro atoms. The van der Waals surface area contributed by atoms with Gasteiger partial charge in [-0.15, -0.1) is 0 Å². The highest BCUT2D eigenvalue weighted by molar-refractivity contribution is 5.93. The molecule has 138 valence electrons. The summed E-state index contributed by atoms with van der Waals surface area (Å²) in [7, 11) is 3.19. The van der Waals surface area contributed by atoms with Gasteiger partial charge in [0.15, 0.2) is 12.3 Å². The minimum Gasteiger partial charge on any atom is -0.497 e. The Morgan fingerprint density at radius 2 is 2.04 bits per heavy atom. The maximum Gasteiger partial charge on any atom is 0.275 e. The van der Waals surface area contributed by atoms with Crippen LogP contribution in [0, 0.1) is 5.92 Å². The van der Waals surface area contributed by atoms with Crippen LogP contribution in [-0.2, 0) is 11.4 Å². The highest BCUT2D eigenvalue weighted by atomic mass is 16.5. The van der Waals surface area contributed by atoms with E-state index >= 15 is 0 Å². The fourth-order valence-electron chi connectivity index (χ4n) is 2.82. The number of hydrogen-bond donors (Lipinski definition) is 1. The van der Waals surface area contributed by atoms with E-state index in [0.717, 1.165) is 5.75 Å². The van der Waals surface area contributed by atoms with Gasteiger partial charge in [0, 0.05) is 20.1 Å². The summed E-state index contributed by atoms with van der Waals surface area (Å²) in [5.74, 6) is 1.23. The van der Waals surface area contributed by atoms with Crippen LogP contribution in [-0.4, -0.2) is 48.9 Å². The molecule has 0 aliphatic carbocycles. The quantitative estimate of drug-likeness (QED) is 0.839. The third kappa shape index (κ3) is 3.96. The van der Waals surface area contributed by atoms with E-state index in [9.17, 15) is 9.59 Å². The van der Waals surface area contributed by atoms with Crippen molar-refractivity contribution < 1.29 is 23.5 Å². The van der Waals surface area contributed by atoms with Crippen LogP contribution in [0.4, 0.5) is 0 Å². The second kappa shape index (κ2) is 7.90. The molecular formula is C18H21N3O5. The van der Waals surface area contributed by atoms with Crippen LogP contribution in [0.3, 0.4) is 0 Å². The zero-order valence-electron chi connectivity index (χ0n) is 14.7. The van der Waals surface area contributed by atoms with Crippen LogP contribution in [0.15, 0.2) is 34.9 Å². The normalized spacial score (nSPS) is 16.4. The number of rotatable bonds is 6. The lowest BCUT2D eigenvalue weighted by molar-refractivity contribution is -0.124. The fraction of sp³-hybridized carbons (Fsp3) is 0.389. The van der Waals surface area contributed by atoms with Gasteiger partial charge >= 0.3 is 0 Å². The number of amides is 2. The van der Waals surface area contributed by atoms with Gasteiger partial charge in [-0.05, 0) is 30.7 Å². The largest absolute Gasteiger partial charge is 0.497 e. The number of benzene rings is 1. The number of likely N-dealkylation sites (tertiary alicyclic amines) is 1. The molecule has 3 rings (SSSR count). The number of carbonyl (C=O) groups is 2. The second-order valence-electron chi connectivity index (χ2n) is 5.94. The van der Waals surface area contributed by atoms with Crippen molar-refractivity contribution >= 4 is 11.8 Å². The van der Waals surface area contributed by atoms with E-state index < -0.39 is 0 Å². The van der Waals surface area contributed by atoms with Crippen molar-refractivity contribution in [3.8, 4) is 11.5 Å². The van der Waals surface area contributed by atoms with E-state index in [2.05, 4.69) is 10.3 Å². The Morgan fingerprint density at radius 1 is 1.31 bits per heavy atom. The van der Waals surface area contributed by atoms with Gasteiger partial charge in [-0.1, -0.05) is 0 Å². The average molecular weight is 359 g/mol. The number of hydrogen-bond acceptors (Lipinski definition) is 6. The Balaban J connectivity index is 1.55. The number of ether oxygens (including phenoxy) is 2. The summed E-state index contributed by atoms with van der Waals surface area (Å²) in [5.41, 5.74) is 0.218. The maximum absolute atomic E-state index is 12.5. The number of nitrogens with one attached hydrogen (secondary N) is 1. The number of methoxy groups -OCH3 is 1.